The number of benzene rings is 1. The summed E-state index contributed by atoms with van der Waals surface area (Å²) < 4.78 is 0. The first kappa shape index (κ1) is 15.8. The lowest BCUT2D eigenvalue weighted by atomic mass is 9.89. The van der Waals surface area contributed by atoms with Crippen LogP contribution in [0.4, 0.5) is 5.69 Å². The highest BCUT2D eigenvalue weighted by Gasteiger charge is 2.21. The van der Waals surface area contributed by atoms with Crippen LogP contribution in [0.15, 0.2) is 18.2 Å². The molecule has 0 atom stereocenters. The normalized spacial score (nSPS) is 15.7. The first-order chi connectivity index (χ1) is 9.99. The molecule has 1 fully saturated rings. The highest BCUT2D eigenvalue weighted by atomic mass is 35.5. The summed E-state index contributed by atoms with van der Waals surface area (Å²) in [5.41, 5.74) is 0.215. The van der Waals surface area contributed by atoms with E-state index in [1.807, 2.05) is 0 Å². The Labute approximate surface area is 129 Å². The van der Waals surface area contributed by atoms with E-state index in [0.29, 0.717) is 11.5 Å². The second kappa shape index (κ2) is 6.89. The van der Waals surface area contributed by atoms with Gasteiger partial charge in [-0.3, -0.25) is 14.9 Å². The highest BCUT2D eigenvalue weighted by Crippen LogP contribution is 2.27. The summed E-state index contributed by atoms with van der Waals surface area (Å²) in [4.78, 5) is 24.2. The summed E-state index contributed by atoms with van der Waals surface area (Å²) >= 11 is 5.85. The van der Waals surface area contributed by atoms with Crippen LogP contribution in [-0.2, 0) is 0 Å². The van der Waals surface area contributed by atoms with E-state index >= 15 is 0 Å². The Morgan fingerprint density at radius 3 is 2.62 bits per heavy atom. The molecule has 1 aromatic carbocycles. The number of carbonyl (C=O) groups excluding carboxylic acids is 1. The smallest absolute Gasteiger partial charge is 0.287 e. The van der Waals surface area contributed by atoms with Crippen molar-refractivity contribution in [2.75, 3.05) is 13.6 Å². The SMILES string of the molecule is CN(CC1CCCCC1)C(=O)c1ccc([N+](=O)[O-])c(Cl)c1. The molecule has 1 aromatic rings. The number of hydrogen-bond donors (Lipinski definition) is 0. The molecule has 1 aliphatic carbocycles. The third-order valence-corrected chi connectivity index (χ3v) is 4.30. The van der Waals surface area contributed by atoms with Crippen LogP contribution in [0.1, 0.15) is 42.5 Å². The topological polar surface area (TPSA) is 63.5 Å². The van der Waals surface area contributed by atoms with Gasteiger partial charge in [0.2, 0.25) is 0 Å². The third-order valence-electron chi connectivity index (χ3n) is 3.99. The predicted octanol–water partition coefficient (Wildman–Crippen LogP) is 3.90. The monoisotopic (exact) mass is 310 g/mol. The van der Waals surface area contributed by atoms with E-state index in [4.69, 9.17) is 11.6 Å². The van der Waals surface area contributed by atoms with Gasteiger partial charge in [0.05, 0.1) is 4.92 Å². The zero-order valence-electron chi connectivity index (χ0n) is 12.0. The van der Waals surface area contributed by atoms with Gasteiger partial charge in [0.25, 0.3) is 11.6 Å². The van der Waals surface area contributed by atoms with Gasteiger partial charge in [-0.25, -0.2) is 0 Å². The second-order valence-electron chi connectivity index (χ2n) is 5.61. The number of nitrogens with zero attached hydrogens (tertiary/aromatic N) is 2. The summed E-state index contributed by atoms with van der Waals surface area (Å²) in [5.74, 6) is 0.415. The molecule has 0 unspecified atom stereocenters. The molecule has 0 bridgehead atoms. The summed E-state index contributed by atoms with van der Waals surface area (Å²) in [7, 11) is 1.77. The van der Waals surface area contributed by atoms with Crippen molar-refractivity contribution in [2.45, 2.75) is 32.1 Å². The van der Waals surface area contributed by atoms with Gasteiger partial charge in [0.1, 0.15) is 5.02 Å². The summed E-state index contributed by atoms with van der Waals surface area (Å²) in [6.45, 7) is 0.730. The lowest BCUT2D eigenvalue weighted by molar-refractivity contribution is -0.384. The van der Waals surface area contributed by atoms with Crippen molar-refractivity contribution in [3.05, 3.63) is 38.9 Å². The molecule has 0 aromatic heterocycles. The fraction of sp³-hybridized carbons (Fsp3) is 0.533. The van der Waals surface area contributed by atoms with Gasteiger partial charge < -0.3 is 4.90 Å². The molecule has 0 radical (unpaired) electrons. The standard InChI is InChI=1S/C15H19ClN2O3/c1-17(10-11-5-3-2-4-6-11)15(19)12-7-8-14(18(20)21)13(16)9-12/h7-9,11H,2-6,10H2,1H3. The van der Waals surface area contributed by atoms with Gasteiger partial charge in [-0.05, 0) is 30.9 Å². The Kier molecular flexibility index (Phi) is 5.17. The van der Waals surface area contributed by atoms with E-state index in [9.17, 15) is 14.9 Å². The Balaban J connectivity index is 2.04. The van der Waals surface area contributed by atoms with Crippen LogP contribution in [0.3, 0.4) is 0 Å². The molecule has 6 heteroatoms. The first-order valence-electron chi connectivity index (χ1n) is 7.18. The van der Waals surface area contributed by atoms with Crippen LogP contribution >= 0.6 is 11.6 Å². The van der Waals surface area contributed by atoms with E-state index in [1.54, 1.807) is 11.9 Å². The minimum atomic E-state index is -0.553. The average molecular weight is 311 g/mol. The van der Waals surface area contributed by atoms with Crippen molar-refractivity contribution in [1.29, 1.82) is 0 Å². The van der Waals surface area contributed by atoms with Crippen molar-refractivity contribution in [3.63, 3.8) is 0 Å². The Bertz CT molecular complexity index is 542. The predicted molar refractivity (Wildman–Crippen MR) is 81.6 cm³/mol. The van der Waals surface area contributed by atoms with Crippen LogP contribution in [0.25, 0.3) is 0 Å². The zero-order chi connectivity index (χ0) is 15.4. The van der Waals surface area contributed by atoms with E-state index in [2.05, 4.69) is 0 Å². The van der Waals surface area contributed by atoms with Crippen molar-refractivity contribution in [1.82, 2.24) is 4.90 Å². The molecule has 1 amide bonds. The lowest BCUT2D eigenvalue weighted by Gasteiger charge is -2.27. The minimum Gasteiger partial charge on any atom is -0.341 e. The number of carbonyl (C=O) groups is 1. The van der Waals surface area contributed by atoms with Crippen LogP contribution in [-0.4, -0.2) is 29.3 Å². The average Bonchev–Trinajstić information content (AvgIpc) is 2.47. The van der Waals surface area contributed by atoms with Crippen molar-refractivity contribution < 1.29 is 9.72 Å². The largest absolute Gasteiger partial charge is 0.341 e. The number of hydrogen-bond acceptors (Lipinski definition) is 3. The maximum atomic E-state index is 12.3. The Morgan fingerprint density at radius 2 is 2.05 bits per heavy atom. The lowest BCUT2D eigenvalue weighted by Crippen LogP contribution is -2.32. The van der Waals surface area contributed by atoms with Gasteiger partial charge >= 0.3 is 0 Å². The maximum Gasteiger partial charge on any atom is 0.287 e. The summed E-state index contributed by atoms with van der Waals surface area (Å²) in [5, 5.41) is 10.7. The summed E-state index contributed by atoms with van der Waals surface area (Å²) in [6, 6.07) is 4.12. The van der Waals surface area contributed by atoms with Gasteiger partial charge in [-0.15, -0.1) is 0 Å². The Morgan fingerprint density at radius 1 is 1.38 bits per heavy atom. The molecule has 21 heavy (non-hydrogen) atoms. The van der Waals surface area contributed by atoms with Crippen LogP contribution < -0.4 is 0 Å². The minimum absolute atomic E-state index is 0.00286. The molecule has 1 aliphatic rings. The number of halogens is 1. The van der Waals surface area contributed by atoms with Gasteiger partial charge in [0.15, 0.2) is 0 Å². The fourth-order valence-electron chi connectivity index (χ4n) is 2.85. The summed E-state index contributed by atoms with van der Waals surface area (Å²) in [6.07, 6.45) is 6.08. The molecule has 2 rings (SSSR count). The van der Waals surface area contributed by atoms with E-state index in [1.165, 1.54) is 50.3 Å². The van der Waals surface area contributed by atoms with E-state index in [-0.39, 0.29) is 16.6 Å². The van der Waals surface area contributed by atoms with E-state index < -0.39 is 4.92 Å². The molecule has 0 saturated heterocycles. The van der Waals surface area contributed by atoms with Gasteiger partial charge in [-0.2, -0.15) is 0 Å². The molecule has 114 valence electrons. The quantitative estimate of drug-likeness (QED) is 0.626. The molecule has 1 saturated carbocycles. The van der Waals surface area contributed by atoms with Crippen LogP contribution in [0.2, 0.25) is 5.02 Å². The molecule has 0 spiro atoms. The third kappa shape index (κ3) is 3.94. The van der Waals surface area contributed by atoms with E-state index in [0.717, 1.165) is 6.54 Å². The molecular weight excluding hydrogens is 292 g/mol. The van der Waals surface area contributed by atoms with Gasteiger partial charge in [-0.1, -0.05) is 30.9 Å². The molecule has 0 N–H and O–H groups in total. The second-order valence-corrected chi connectivity index (χ2v) is 6.02. The Hall–Kier alpha value is -1.62. The number of nitro benzene ring substituents is 1. The molecule has 0 heterocycles. The number of amides is 1. The molecule has 0 aliphatic heterocycles. The fourth-order valence-corrected chi connectivity index (χ4v) is 3.10. The zero-order valence-corrected chi connectivity index (χ0v) is 12.8. The van der Waals surface area contributed by atoms with Crippen LogP contribution in [0, 0.1) is 16.0 Å². The van der Waals surface area contributed by atoms with Crippen LogP contribution in [0.5, 0.6) is 0 Å². The number of rotatable bonds is 4. The van der Waals surface area contributed by atoms with Gasteiger partial charge in [0, 0.05) is 25.2 Å². The molecular formula is C15H19ClN2O3. The van der Waals surface area contributed by atoms with Crippen molar-refractivity contribution in [2.24, 2.45) is 5.92 Å². The molecule has 5 nitrogen and oxygen atoms in total. The first-order valence-corrected chi connectivity index (χ1v) is 7.56. The maximum absolute atomic E-state index is 12.3. The van der Waals surface area contributed by atoms with Crippen molar-refractivity contribution >= 4 is 23.2 Å². The van der Waals surface area contributed by atoms with Crippen molar-refractivity contribution in [3.8, 4) is 0 Å². The highest BCUT2D eigenvalue weighted by molar-refractivity contribution is 6.33. The number of nitro groups is 1.